The van der Waals surface area contributed by atoms with E-state index in [9.17, 15) is 0 Å². The van der Waals surface area contributed by atoms with E-state index >= 15 is 0 Å². The van der Waals surface area contributed by atoms with E-state index in [0.29, 0.717) is 23.7 Å². The number of hydrogen-bond donors (Lipinski definition) is 0. The Bertz CT molecular complexity index is 678. The molecule has 0 radical (unpaired) electrons. The normalized spacial score (nSPS) is 11.7. The quantitative estimate of drug-likeness (QED) is 0.447. The van der Waals surface area contributed by atoms with E-state index in [2.05, 4.69) is 91.8 Å². The first kappa shape index (κ1) is 21.3. The lowest BCUT2D eigenvalue weighted by Gasteiger charge is -2.19. The van der Waals surface area contributed by atoms with Gasteiger partial charge in [-0.3, -0.25) is 0 Å². The second kappa shape index (κ2) is 9.30. The van der Waals surface area contributed by atoms with Crippen molar-refractivity contribution in [3.05, 3.63) is 58.7 Å². The van der Waals surface area contributed by atoms with Gasteiger partial charge in [0.15, 0.2) is 0 Å². The molecule has 2 rings (SSSR count). The van der Waals surface area contributed by atoms with E-state index in [1.165, 1.54) is 22.3 Å². The third kappa shape index (κ3) is 5.51. The van der Waals surface area contributed by atoms with Crippen LogP contribution in [0, 0.1) is 0 Å². The van der Waals surface area contributed by atoms with Crippen LogP contribution in [-0.4, -0.2) is 6.79 Å². The minimum Gasteiger partial charge on any atom is -0.457 e. The fourth-order valence-corrected chi connectivity index (χ4v) is 3.18. The zero-order valence-electron chi connectivity index (χ0n) is 18.3. The first-order chi connectivity index (χ1) is 12.7. The van der Waals surface area contributed by atoms with Crippen molar-refractivity contribution in [3.8, 4) is 11.5 Å². The topological polar surface area (TPSA) is 18.5 Å². The van der Waals surface area contributed by atoms with E-state index in [0.717, 1.165) is 11.5 Å². The maximum Gasteiger partial charge on any atom is 0.230 e. The highest BCUT2D eigenvalue weighted by Crippen LogP contribution is 2.32. The largest absolute Gasteiger partial charge is 0.457 e. The molecule has 148 valence electrons. The van der Waals surface area contributed by atoms with Crippen LogP contribution in [0.4, 0.5) is 0 Å². The molecular formula is C25H36O2. The minimum atomic E-state index is 0.225. The Labute approximate surface area is 165 Å². The van der Waals surface area contributed by atoms with E-state index in [1.54, 1.807) is 0 Å². The Hall–Kier alpha value is -1.96. The van der Waals surface area contributed by atoms with E-state index < -0.39 is 0 Å². The Morgan fingerprint density at radius 1 is 0.556 bits per heavy atom. The summed E-state index contributed by atoms with van der Waals surface area (Å²) in [7, 11) is 0. The third-order valence-electron chi connectivity index (χ3n) is 5.08. The Morgan fingerprint density at radius 3 is 1.22 bits per heavy atom. The van der Waals surface area contributed by atoms with Gasteiger partial charge in [-0.05, 0) is 58.1 Å². The van der Waals surface area contributed by atoms with Crippen LogP contribution < -0.4 is 9.47 Å². The van der Waals surface area contributed by atoms with Gasteiger partial charge in [-0.25, -0.2) is 0 Å². The third-order valence-corrected chi connectivity index (χ3v) is 5.08. The molecule has 27 heavy (non-hydrogen) atoms. The van der Waals surface area contributed by atoms with Gasteiger partial charge in [0.2, 0.25) is 6.79 Å². The van der Waals surface area contributed by atoms with Crippen LogP contribution in [0.3, 0.4) is 0 Å². The first-order valence-corrected chi connectivity index (χ1v) is 10.2. The van der Waals surface area contributed by atoms with Crippen LogP contribution in [0.15, 0.2) is 36.4 Å². The molecule has 2 aromatic carbocycles. The van der Waals surface area contributed by atoms with Crippen molar-refractivity contribution in [2.45, 2.75) is 79.1 Å². The van der Waals surface area contributed by atoms with Crippen molar-refractivity contribution in [1.82, 2.24) is 0 Å². The molecule has 0 amide bonds. The predicted molar refractivity (Wildman–Crippen MR) is 115 cm³/mol. The average Bonchev–Trinajstić information content (AvgIpc) is 2.60. The standard InChI is InChI=1S/C25H36O2/c1-16(2)20-9-11-22(18(5)6)24(13-20)26-15-27-25-14-21(17(3)4)10-12-23(25)19(7)8/h9-14,16-19H,15H2,1-8H3. The van der Waals surface area contributed by atoms with Crippen LogP contribution >= 0.6 is 0 Å². The van der Waals surface area contributed by atoms with Gasteiger partial charge in [0.25, 0.3) is 0 Å². The van der Waals surface area contributed by atoms with Crippen molar-refractivity contribution >= 4 is 0 Å². The monoisotopic (exact) mass is 368 g/mol. The Morgan fingerprint density at radius 2 is 0.926 bits per heavy atom. The maximum atomic E-state index is 6.11. The molecule has 2 aromatic rings. The van der Waals surface area contributed by atoms with Crippen molar-refractivity contribution in [1.29, 1.82) is 0 Å². The fourth-order valence-electron chi connectivity index (χ4n) is 3.18. The van der Waals surface area contributed by atoms with Gasteiger partial charge in [-0.1, -0.05) is 79.7 Å². The lowest BCUT2D eigenvalue weighted by Crippen LogP contribution is -2.10. The van der Waals surface area contributed by atoms with Crippen molar-refractivity contribution in [2.75, 3.05) is 6.79 Å². The Balaban J connectivity index is 2.20. The van der Waals surface area contributed by atoms with Gasteiger partial charge < -0.3 is 9.47 Å². The molecule has 0 heterocycles. The summed E-state index contributed by atoms with van der Waals surface area (Å²) >= 11 is 0. The summed E-state index contributed by atoms with van der Waals surface area (Å²) in [6, 6.07) is 13.1. The molecule has 0 bridgehead atoms. The molecule has 2 nitrogen and oxygen atoms in total. The number of rotatable bonds is 8. The van der Waals surface area contributed by atoms with Gasteiger partial charge in [-0.15, -0.1) is 0 Å². The van der Waals surface area contributed by atoms with E-state index in [4.69, 9.17) is 9.47 Å². The molecule has 0 aliphatic carbocycles. The zero-order chi connectivity index (χ0) is 20.1. The average molecular weight is 369 g/mol. The first-order valence-electron chi connectivity index (χ1n) is 10.2. The number of ether oxygens (including phenoxy) is 2. The summed E-state index contributed by atoms with van der Waals surface area (Å²) in [5.74, 6) is 3.65. The molecule has 0 atom stereocenters. The highest BCUT2D eigenvalue weighted by Gasteiger charge is 2.13. The predicted octanol–water partition coefficient (Wildman–Crippen LogP) is 7.60. The molecule has 0 spiro atoms. The smallest absolute Gasteiger partial charge is 0.230 e. The van der Waals surface area contributed by atoms with Crippen LogP contribution in [-0.2, 0) is 0 Å². The van der Waals surface area contributed by atoms with Gasteiger partial charge in [-0.2, -0.15) is 0 Å². The van der Waals surface area contributed by atoms with E-state index in [-0.39, 0.29) is 6.79 Å². The molecule has 0 aliphatic rings. The molecule has 0 aromatic heterocycles. The molecule has 0 unspecified atom stereocenters. The summed E-state index contributed by atoms with van der Waals surface area (Å²) in [4.78, 5) is 0. The summed E-state index contributed by atoms with van der Waals surface area (Å²) in [6.07, 6.45) is 0. The zero-order valence-corrected chi connectivity index (χ0v) is 18.3. The molecule has 0 saturated heterocycles. The molecule has 0 aliphatic heterocycles. The van der Waals surface area contributed by atoms with E-state index in [1.807, 2.05) is 0 Å². The van der Waals surface area contributed by atoms with Gasteiger partial charge >= 0.3 is 0 Å². The number of benzene rings is 2. The number of hydrogen-bond acceptors (Lipinski definition) is 2. The lowest BCUT2D eigenvalue weighted by molar-refractivity contribution is 0.117. The SMILES string of the molecule is CC(C)c1ccc(C(C)C)c(OCOc2cc(C(C)C)ccc2C(C)C)c1. The van der Waals surface area contributed by atoms with Gasteiger partial charge in [0.1, 0.15) is 11.5 Å². The second-order valence-corrected chi connectivity index (χ2v) is 8.62. The second-order valence-electron chi connectivity index (χ2n) is 8.62. The summed E-state index contributed by atoms with van der Waals surface area (Å²) in [6.45, 7) is 17.8. The highest BCUT2D eigenvalue weighted by molar-refractivity contribution is 5.42. The van der Waals surface area contributed by atoms with Gasteiger partial charge in [0, 0.05) is 0 Å². The van der Waals surface area contributed by atoms with Crippen LogP contribution in [0.2, 0.25) is 0 Å². The fraction of sp³-hybridized carbons (Fsp3) is 0.520. The van der Waals surface area contributed by atoms with Crippen molar-refractivity contribution in [2.24, 2.45) is 0 Å². The van der Waals surface area contributed by atoms with Crippen LogP contribution in [0.1, 0.15) is 101 Å². The van der Waals surface area contributed by atoms with Crippen LogP contribution in [0.25, 0.3) is 0 Å². The molecule has 0 N–H and O–H groups in total. The maximum absolute atomic E-state index is 6.11. The molecular weight excluding hydrogens is 332 g/mol. The summed E-state index contributed by atoms with van der Waals surface area (Å²) < 4.78 is 12.2. The Kier molecular flexibility index (Phi) is 7.35. The summed E-state index contributed by atoms with van der Waals surface area (Å²) in [5, 5.41) is 0. The highest BCUT2D eigenvalue weighted by atomic mass is 16.7. The van der Waals surface area contributed by atoms with Crippen molar-refractivity contribution < 1.29 is 9.47 Å². The van der Waals surface area contributed by atoms with Crippen molar-refractivity contribution in [3.63, 3.8) is 0 Å². The lowest BCUT2D eigenvalue weighted by atomic mass is 9.96. The minimum absolute atomic E-state index is 0.225. The summed E-state index contributed by atoms with van der Waals surface area (Å²) in [5.41, 5.74) is 5.03. The molecule has 0 saturated carbocycles. The van der Waals surface area contributed by atoms with Crippen LogP contribution in [0.5, 0.6) is 11.5 Å². The molecule has 2 heteroatoms. The molecule has 0 fully saturated rings. The van der Waals surface area contributed by atoms with Gasteiger partial charge in [0.05, 0.1) is 0 Å².